The maximum absolute atomic E-state index is 8.82. The van der Waals surface area contributed by atoms with E-state index in [2.05, 4.69) is 11.4 Å². The molecule has 0 aliphatic heterocycles. The first-order valence-electron chi connectivity index (χ1n) is 5.65. The van der Waals surface area contributed by atoms with Crippen LogP contribution in [0.15, 0.2) is 42.5 Å². The monoisotopic (exact) mass is 238 g/mol. The molecule has 0 aliphatic rings. The molecule has 0 heterocycles. The number of rotatable bonds is 3. The molecule has 90 valence electrons. The molecule has 0 amide bonds. The van der Waals surface area contributed by atoms with E-state index >= 15 is 0 Å². The predicted octanol–water partition coefficient (Wildman–Crippen LogP) is 3.62. The Balaban J connectivity index is 2.20. The van der Waals surface area contributed by atoms with E-state index in [1.165, 1.54) is 0 Å². The number of hydrogen-bond acceptors (Lipinski definition) is 3. The number of aryl methyl sites for hydroxylation is 1. The molecule has 0 bridgehead atoms. The summed E-state index contributed by atoms with van der Waals surface area (Å²) in [5.41, 5.74) is 3.71. The Morgan fingerprint density at radius 3 is 2.39 bits per heavy atom. The Hall–Kier alpha value is -2.47. The van der Waals surface area contributed by atoms with Crippen molar-refractivity contribution in [2.45, 2.75) is 6.92 Å². The third-order valence-electron chi connectivity index (χ3n) is 2.72. The first-order chi connectivity index (χ1) is 8.72. The van der Waals surface area contributed by atoms with Crippen LogP contribution in [-0.4, -0.2) is 7.11 Å². The van der Waals surface area contributed by atoms with Crippen LogP contribution in [0, 0.1) is 18.3 Å². The molecular weight excluding hydrogens is 224 g/mol. The molecule has 0 radical (unpaired) electrons. The zero-order valence-corrected chi connectivity index (χ0v) is 10.4. The summed E-state index contributed by atoms with van der Waals surface area (Å²) in [5.74, 6) is 0.831. The summed E-state index contributed by atoms with van der Waals surface area (Å²) in [4.78, 5) is 0. The van der Waals surface area contributed by atoms with Gasteiger partial charge in [-0.05, 0) is 55.0 Å². The van der Waals surface area contributed by atoms with Gasteiger partial charge in [0.05, 0.1) is 18.7 Å². The second-order valence-electron chi connectivity index (χ2n) is 4.00. The number of anilines is 2. The van der Waals surface area contributed by atoms with Gasteiger partial charge in [0.1, 0.15) is 5.75 Å². The molecule has 18 heavy (non-hydrogen) atoms. The SMILES string of the molecule is COc1ccc(Nc2ccc(C#N)cc2C)cc1. The number of methoxy groups -OCH3 is 1. The summed E-state index contributed by atoms with van der Waals surface area (Å²) < 4.78 is 5.11. The van der Waals surface area contributed by atoms with Gasteiger partial charge < -0.3 is 10.1 Å². The van der Waals surface area contributed by atoms with Crippen molar-refractivity contribution in [1.29, 1.82) is 5.26 Å². The molecule has 0 unspecified atom stereocenters. The van der Waals surface area contributed by atoms with Gasteiger partial charge in [-0.1, -0.05) is 0 Å². The Morgan fingerprint density at radius 2 is 1.83 bits per heavy atom. The van der Waals surface area contributed by atoms with Gasteiger partial charge in [-0.15, -0.1) is 0 Å². The minimum absolute atomic E-state index is 0.674. The quantitative estimate of drug-likeness (QED) is 0.888. The fraction of sp³-hybridized carbons (Fsp3) is 0.133. The smallest absolute Gasteiger partial charge is 0.119 e. The highest BCUT2D eigenvalue weighted by atomic mass is 16.5. The van der Waals surface area contributed by atoms with Crippen LogP contribution in [0.25, 0.3) is 0 Å². The van der Waals surface area contributed by atoms with Gasteiger partial charge in [0.25, 0.3) is 0 Å². The fourth-order valence-electron chi connectivity index (χ4n) is 1.70. The minimum atomic E-state index is 0.674. The average molecular weight is 238 g/mol. The molecule has 3 heteroatoms. The van der Waals surface area contributed by atoms with E-state index in [1.807, 2.05) is 43.3 Å². The van der Waals surface area contributed by atoms with Crippen LogP contribution in [-0.2, 0) is 0 Å². The van der Waals surface area contributed by atoms with E-state index < -0.39 is 0 Å². The van der Waals surface area contributed by atoms with Crippen LogP contribution in [0.3, 0.4) is 0 Å². The van der Waals surface area contributed by atoms with Gasteiger partial charge >= 0.3 is 0 Å². The topological polar surface area (TPSA) is 45.0 Å². The van der Waals surface area contributed by atoms with Crippen molar-refractivity contribution >= 4 is 11.4 Å². The molecular formula is C15H14N2O. The number of nitrogens with zero attached hydrogens (tertiary/aromatic N) is 1. The lowest BCUT2D eigenvalue weighted by molar-refractivity contribution is 0.415. The van der Waals surface area contributed by atoms with Crippen molar-refractivity contribution in [1.82, 2.24) is 0 Å². The van der Waals surface area contributed by atoms with Crippen molar-refractivity contribution in [2.24, 2.45) is 0 Å². The molecule has 3 nitrogen and oxygen atoms in total. The molecule has 0 fully saturated rings. The summed E-state index contributed by atoms with van der Waals surface area (Å²) in [6.07, 6.45) is 0. The lowest BCUT2D eigenvalue weighted by atomic mass is 10.1. The molecule has 0 saturated carbocycles. The second kappa shape index (κ2) is 5.24. The lowest BCUT2D eigenvalue weighted by Crippen LogP contribution is -1.93. The predicted molar refractivity (Wildman–Crippen MR) is 72.2 cm³/mol. The highest BCUT2D eigenvalue weighted by Gasteiger charge is 2.00. The molecule has 2 aromatic rings. The third-order valence-corrected chi connectivity index (χ3v) is 2.72. The van der Waals surface area contributed by atoms with Crippen LogP contribution in [0.4, 0.5) is 11.4 Å². The van der Waals surface area contributed by atoms with E-state index in [4.69, 9.17) is 10.00 Å². The Bertz CT molecular complexity index is 582. The molecule has 2 rings (SSSR count). The molecule has 0 saturated heterocycles. The van der Waals surface area contributed by atoms with Gasteiger partial charge in [-0.2, -0.15) is 5.26 Å². The van der Waals surface area contributed by atoms with Crippen LogP contribution < -0.4 is 10.1 Å². The fourth-order valence-corrected chi connectivity index (χ4v) is 1.70. The number of nitrogens with one attached hydrogen (secondary N) is 1. The first-order valence-corrected chi connectivity index (χ1v) is 5.65. The zero-order chi connectivity index (χ0) is 13.0. The van der Waals surface area contributed by atoms with Gasteiger partial charge in [-0.25, -0.2) is 0 Å². The molecule has 0 atom stereocenters. The number of hydrogen-bond donors (Lipinski definition) is 1. The van der Waals surface area contributed by atoms with Crippen molar-refractivity contribution < 1.29 is 4.74 Å². The third kappa shape index (κ3) is 2.61. The van der Waals surface area contributed by atoms with Crippen LogP contribution in [0.5, 0.6) is 5.75 Å². The van der Waals surface area contributed by atoms with Crippen molar-refractivity contribution in [2.75, 3.05) is 12.4 Å². The largest absolute Gasteiger partial charge is 0.497 e. The lowest BCUT2D eigenvalue weighted by Gasteiger charge is -2.10. The number of ether oxygens (including phenoxy) is 1. The summed E-state index contributed by atoms with van der Waals surface area (Å²) in [7, 11) is 1.65. The van der Waals surface area contributed by atoms with Crippen molar-refractivity contribution in [3.8, 4) is 11.8 Å². The van der Waals surface area contributed by atoms with Crippen molar-refractivity contribution in [3.63, 3.8) is 0 Å². The standard InChI is InChI=1S/C15H14N2O/c1-11-9-12(10-16)3-8-15(11)17-13-4-6-14(18-2)7-5-13/h3-9,17H,1-2H3. The maximum atomic E-state index is 8.82. The second-order valence-corrected chi connectivity index (χ2v) is 4.00. The maximum Gasteiger partial charge on any atom is 0.119 e. The Morgan fingerprint density at radius 1 is 1.11 bits per heavy atom. The van der Waals surface area contributed by atoms with E-state index in [9.17, 15) is 0 Å². The van der Waals surface area contributed by atoms with E-state index in [0.29, 0.717) is 5.56 Å². The number of nitriles is 1. The highest BCUT2D eigenvalue weighted by molar-refractivity contribution is 5.64. The van der Waals surface area contributed by atoms with Crippen LogP contribution in [0.2, 0.25) is 0 Å². The molecule has 0 aliphatic carbocycles. The van der Waals surface area contributed by atoms with Crippen LogP contribution >= 0.6 is 0 Å². The number of benzene rings is 2. The highest BCUT2D eigenvalue weighted by Crippen LogP contribution is 2.23. The molecule has 1 N–H and O–H groups in total. The van der Waals surface area contributed by atoms with Gasteiger partial charge in [0, 0.05) is 11.4 Å². The van der Waals surface area contributed by atoms with Gasteiger partial charge in [0.15, 0.2) is 0 Å². The average Bonchev–Trinajstić information content (AvgIpc) is 2.42. The van der Waals surface area contributed by atoms with Crippen molar-refractivity contribution in [3.05, 3.63) is 53.6 Å². The van der Waals surface area contributed by atoms with E-state index in [1.54, 1.807) is 13.2 Å². The first kappa shape index (κ1) is 12.0. The van der Waals surface area contributed by atoms with Gasteiger partial charge in [-0.3, -0.25) is 0 Å². The van der Waals surface area contributed by atoms with Crippen LogP contribution in [0.1, 0.15) is 11.1 Å². The summed E-state index contributed by atoms with van der Waals surface area (Å²) in [5, 5.41) is 12.1. The molecule has 0 spiro atoms. The summed E-state index contributed by atoms with van der Waals surface area (Å²) >= 11 is 0. The van der Waals surface area contributed by atoms with Gasteiger partial charge in [0.2, 0.25) is 0 Å². The molecule has 2 aromatic carbocycles. The normalized spacial score (nSPS) is 9.61. The van der Waals surface area contributed by atoms with E-state index in [0.717, 1.165) is 22.7 Å². The Kier molecular flexibility index (Phi) is 3.49. The zero-order valence-electron chi connectivity index (χ0n) is 10.4. The van der Waals surface area contributed by atoms with E-state index in [-0.39, 0.29) is 0 Å². The summed E-state index contributed by atoms with van der Waals surface area (Å²) in [6.45, 7) is 1.98. The minimum Gasteiger partial charge on any atom is -0.497 e. The Labute approximate surface area is 107 Å². The molecule has 0 aromatic heterocycles. The summed E-state index contributed by atoms with van der Waals surface area (Å²) in [6, 6.07) is 15.4.